The van der Waals surface area contributed by atoms with E-state index in [0.717, 1.165) is 17.0 Å². The van der Waals surface area contributed by atoms with E-state index in [1.165, 1.54) is 18.4 Å². The van der Waals surface area contributed by atoms with E-state index < -0.39 is 6.10 Å². The lowest BCUT2D eigenvalue weighted by Crippen LogP contribution is -1.97. The molecule has 1 aromatic carbocycles. The van der Waals surface area contributed by atoms with Gasteiger partial charge in [-0.1, -0.05) is 24.3 Å². The van der Waals surface area contributed by atoms with Gasteiger partial charge in [0.1, 0.15) is 6.10 Å². The van der Waals surface area contributed by atoms with Gasteiger partial charge in [0, 0.05) is 0 Å². The molecule has 82 valence electrons. The maximum atomic E-state index is 10.1. The van der Waals surface area contributed by atoms with Crippen LogP contribution in [0.3, 0.4) is 0 Å². The van der Waals surface area contributed by atoms with Crippen LogP contribution < -0.4 is 0 Å². The third-order valence-corrected chi connectivity index (χ3v) is 3.86. The zero-order chi connectivity index (χ0) is 11.0. The number of benzene rings is 1. The summed E-state index contributed by atoms with van der Waals surface area (Å²) in [6, 6.07) is 10.4. The first kappa shape index (κ1) is 10.1. The molecule has 1 N–H and O–H groups in total. The first-order chi connectivity index (χ1) is 7.84. The topological polar surface area (TPSA) is 20.2 Å². The summed E-state index contributed by atoms with van der Waals surface area (Å²) in [6.45, 7) is 0. The van der Waals surface area contributed by atoms with Crippen molar-refractivity contribution >= 4 is 11.3 Å². The molecule has 16 heavy (non-hydrogen) atoms. The number of thiophene rings is 1. The molecule has 1 saturated carbocycles. The van der Waals surface area contributed by atoms with Crippen molar-refractivity contribution in [2.75, 3.05) is 0 Å². The molecule has 0 amide bonds. The number of aliphatic hydroxyl groups is 1. The minimum Gasteiger partial charge on any atom is -0.384 e. The summed E-state index contributed by atoms with van der Waals surface area (Å²) in [4.78, 5) is 0. The van der Waals surface area contributed by atoms with Crippen molar-refractivity contribution in [1.29, 1.82) is 0 Å². The van der Waals surface area contributed by atoms with Gasteiger partial charge < -0.3 is 5.11 Å². The van der Waals surface area contributed by atoms with Crippen LogP contribution in [0.15, 0.2) is 41.1 Å². The lowest BCUT2D eigenvalue weighted by atomic mass is 10.0. The van der Waals surface area contributed by atoms with Gasteiger partial charge in [-0.2, -0.15) is 11.3 Å². The van der Waals surface area contributed by atoms with Crippen LogP contribution in [0, 0.1) is 0 Å². The normalized spacial score (nSPS) is 17.3. The van der Waals surface area contributed by atoms with E-state index in [0.29, 0.717) is 0 Å². The second-order valence-corrected chi connectivity index (χ2v) is 5.18. The number of hydrogen-bond acceptors (Lipinski definition) is 2. The van der Waals surface area contributed by atoms with Crippen molar-refractivity contribution in [3.63, 3.8) is 0 Å². The molecule has 2 aromatic rings. The Balaban J connectivity index is 1.83. The quantitative estimate of drug-likeness (QED) is 0.852. The molecule has 1 atom stereocenters. The predicted molar refractivity (Wildman–Crippen MR) is 66.8 cm³/mol. The first-order valence-electron chi connectivity index (χ1n) is 5.64. The van der Waals surface area contributed by atoms with E-state index in [9.17, 15) is 5.11 Å². The van der Waals surface area contributed by atoms with E-state index in [-0.39, 0.29) is 0 Å². The lowest BCUT2D eigenvalue weighted by Gasteiger charge is -2.09. The summed E-state index contributed by atoms with van der Waals surface area (Å²) in [5.41, 5.74) is 3.40. The molecule has 1 unspecified atom stereocenters. The standard InChI is InChI=1S/C14H14OS/c15-14(13-7-8-16-9-13)12-5-3-11(4-6-12)10-1-2-10/h3-10,14-15H,1-2H2. The van der Waals surface area contributed by atoms with Crippen LogP contribution in [0.25, 0.3) is 0 Å². The van der Waals surface area contributed by atoms with Gasteiger partial charge in [-0.25, -0.2) is 0 Å². The Morgan fingerprint density at radius 2 is 1.81 bits per heavy atom. The summed E-state index contributed by atoms with van der Waals surface area (Å²) in [7, 11) is 0. The number of hydrogen-bond donors (Lipinski definition) is 1. The summed E-state index contributed by atoms with van der Waals surface area (Å²) in [6.07, 6.45) is 2.18. The van der Waals surface area contributed by atoms with E-state index in [1.54, 1.807) is 11.3 Å². The highest BCUT2D eigenvalue weighted by Crippen LogP contribution is 2.40. The lowest BCUT2D eigenvalue weighted by molar-refractivity contribution is 0.221. The smallest absolute Gasteiger partial charge is 0.105 e. The maximum Gasteiger partial charge on any atom is 0.105 e. The van der Waals surface area contributed by atoms with Gasteiger partial charge >= 0.3 is 0 Å². The molecule has 1 heterocycles. The average Bonchev–Trinajstić information content (AvgIpc) is 3.04. The van der Waals surface area contributed by atoms with Crippen LogP contribution >= 0.6 is 11.3 Å². The van der Waals surface area contributed by atoms with Gasteiger partial charge in [-0.15, -0.1) is 0 Å². The molecular weight excluding hydrogens is 216 g/mol. The van der Waals surface area contributed by atoms with Gasteiger partial charge in [0.15, 0.2) is 0 Å². The second-order valence-electron chi connectivity index (χ2n) is 4.40. The highest BCUT2D eigenvalue weighted by Gasteiger charge is 2.23. The van der Waals surface area contributed by atoms with Crippen molar-refractivity contribution < 1.29 is 5.11 Å². The minimum absolute atomic E-state index is 0.473. The SMILES string of the molecule is OC(c1ccc(C2CC2)cc1)c1ccsc1. The van der Waals surface area contributed by atoms with Crippen molar-refractivity contribution in [3.05, 3.63) is 57.8 Å². The average molecular weight is 230 g/mol. The van der Waals surface area contributed by atoms with Gasteiger partial charge in [0.05, 0.1) is 0 Å². The first-order valence-corrected chi connectivity index (χ1v) is 6.59. The van der Waals surface area contributed by atoms with E-state index in [4.69, 9.17) is 0 Å². The Morgan fingerprint density at radius 3 is 2.38 bits per heavy atom. The van der Waals surface area contributed by atoms with Gasteiger partial charge in [-0.3, -0.25) is 0 Å². The fraction of sp³-hybridized carbons (Fsp3) is 0.286. The molecule has 0 spiro atoms. The molecule has 1 aliphatic rings. The summed E-state index contributed by atoms with van der Waals surface area (Å²) in [5, 5.41) is 14.1. The van der Waals surface area contributed by atoms with Crippen LogP contribution in [0.5, 0.6) is 0 Å². The van der Waals surface area contributed by atoms with Crippen LogP contribution in [0.2, 0.25) is 0 Å². The van der Waals surface area contributed by atoms with Gasteiger partial charge in [-0.05, 0) is 52.3 Å². The Hall–Kier alpha value is -1.12. The second kappa shape index (κ2) is 4.04. The van der Waals surface area contributed by atoms with Crippen LogP contribution in [0.1, 0.15) is 41.6 Å². The maximum absolute atomic E-state index is 10.1. The van der Waals surface area contributed by atoms with E-state index in [1.807, 2.05) is 16.8 Å². The molecule has 2 heteroatoms. The molecule has 0 bridgehead atoms. The fourth-order valence-corrected chi connectivity index (χ4v) is 2.67. The third-order valence-electron chi connectivity index (χ3n) is 3.16. The van der Waals surface area contributed by atoms with Gasteiger partial charge in [0.25, 0.3) is 0 Å². The zero-order valence-corrected chi connectivity index (χ0v) is 9.78. The van der Waals surface area contributed by atoms with Crippen molar-refractivity contribution in [2.45, 2.75) is 24.9 Å². The summed E-state index contributed by atoms with van der Waals surface area (Å²) >= 11 is 1.62. The molecule has 1 aliphatic carbocycles. The van der Waals surface area contributed by atoms with Crippen molar-refractivity contribution in [1.82, 2.24) is 0 Å². The molecule has 1 aromatic heterocycles. The molecule has 1 fully saturated rings. The molecule has 0 saturated heterocycles. The molecule has 3 rings (SSSR count). The minimum atomic E-state index is -0.473. The zero-order valence-electron chi connectivity index (χ0n) is 8.97. The molecule has 0 radical (unpaired) electrons. The van der Waals surface area contributed by atoms with Gasteiger partial charge in [0.2, 0.25) is 0 Å². The van der Waals surface area contributed by atoms with Crippen molar-refractivity contribution in [2.24, 2.45) is 0 Å². The Labute approximate surface area is 99.4 Å². The Bertz CT molecular complexity index is 454. The van der Waals surface area contributed by atoms with Crippen LogP contribution in [-0.4, -0.2) is 5.11 Å². The van der Waals surface area contributed by atoms with E-state index in [2.05, 4.69) is 24.3 Å². The number of aliphatic hydroxyl groups excluding tert-OH is 1. The Kier molecular flexibility index (Phi) is 2.54. The highest BCUT2D eigenvalue weighted by molar-refractivity contribution is 7.07. The molecule has 1 nitrogen and oxygen atoms in total. The largest absolute Gasteiger partial charge is 0.384 e. The number of rotatable bonds is 3. The van der Waals surface area contributed by atoms with Crippen LogP contribution in [0.4, 0.5) is 0 Å². The molecule has 0 aliphatic heterocycles. The summed E-state index contributed by atoms with van der Waals surface area (Å²) in [5.74, 6) is 0.785. The van der Waals surface area contributed by atoms with Crippen LogP contribution in [-0.2, 0) is 0 Å². The summed E-state index contributed by atoms with van der Waals surface area (Å²) < 4.78 is 0. The predicted octanol–water partition coefficient (Wildman–Crippen LogP) is 3.71. The Morgan fingerprint density at radius 1 is 1.06 bits per heavy atom. The monoisotopic (exact) mass is 230 g/mol. The van der Waals surface area contributed by atoms with E-state index >= 15 is 0 Å². The fourth-order valence-electron chi connectivity index (χ4n) is 1.99. The molecular formula is C14H14OS. The third kappa shape index (κ3) is 1.91. The highest BCUT2D eigenvalue weighted by atomic mass is 32.1. The van der Waals surface area contributed by atoms with Crippen molar-refractivity contribution in [3.8, 4) is 0 Å².